The molecule has 20 heavy (non-hydrogen) atoms. The van der Waals surface area contributed by atoms with E-state index in [4.69, 9.17) is 4.74 Å². The van der Waals surface area contributed by atoms with Crippen LogP contribution in [-0.4, -0.2) is 13.7 Å². The van der Waals surface area contributed by atoms with Crippen molar-refractivity contribution in [2.45, 2.75) is 26.8 Å². The summed E-state index contributed by atoms with van der Waals surface area (Å²) in [6, 6.07) is 8.79. The van der Waals surface area contributed by atoms with E-state index < -0.39 is 0 Å². The maximum atomic E-state index is 5.30. The Bertz CT molecular complexity index is 575. The van der Waals surface area contributed by atoms with Crippen LogP contribution in [0.5, 0.6) is 5.75 Å². The summed E-state index contributed by atoms with van der Waals surface area (Å²) in [6.45, 7) is 7.42. The van der Waals surface area contributed by atoms with Crippen LogP contribution < -0.4 is 10.1 Å². The Kier molecular flexibility index (Phi) is 5.24. The first-order valence-corrected chi connectivity index (χ1v) is 8.31. The first-order chi connectivity index (χ1) is 9.56. The van der Waals surface area contributed by atoms with E-state index in [-0.39, 0.29) is 6.04 Å². The second kappa shape index (κ2) is 6.74. The van der Waals surface area contributed by atoms with Crippen LogP contribution in [0.4, 0.5) is 0 Å². The van der Waals surface area contributed by atoms with Crippen molar-refractivity contribution in [2.75, 3.05) is 13.7 Å². The predicted molar refractivity (Wildman–Crippen MR) is 90.0 cm³/mol. The summed E-state index contributed by atoms with van der Waals surface area (Å²) in [5.74, 6) is 0.863. The monoisotopic (exact) mass is 353 g/mol. The molecule has 0 radical (unpaired) electrons. The Labute approximate surface area is 133 Å². The molecular formula is C16H20BrNOS. The fourth-order valence-corrected chi connectivity index (χ4v) is 3.90. The van der Waals surface area contributed by atoms with Crippen LogP contribution in [0.2, 0.25) is 0 Å². The molecule has 1 aromatic heterocycles. The third kappa shape index (κ3) is 3.25. The quantitative estimate of drug-likeness (QED) is 0.830. The lowest BCUT2D eigenvalue weighted by Gasteiger charge is -2.18. The zero-order valence-electron chi connectivity index (χ0n) is 12.3. The molecule has 4 heteroatoms. The lowest BCUT2D eigenvalue weighted by molar-refractivity contribution is 0.412. The molecule has 2 nitrogen and oxygen atoms in total. The lowest BCUT2D eigenvalue weighted by Crippen LogP contribution is -2.21. The first-order valence-electron chi connectivity index (χ1n) is 6.70. The summed E-state index contributed by atoms with van der Waals surface area (Å²) in [5.41, 5.74) is 2.61. The average molecular weight is 354 g/mol. The minimum absolute atomic E-state index is 0.236. The van der Waals surface area contributed by atoms with Gasteiger partial charge in [-0.2, -0.15) is 0 Å². The second-order valence-corrected chi connectivity index (χ2v) is 6.91. The molecule has 0 aliphatic heterocycles. The Morgan fingerprint density at radius 2 is 2.05 bits per heavy atom. The molecule has 2 aromatic rings. The molecule has 108 valence electrons. The van der Waals surface area contributed by atoms with Crippen molar-refractivity contribution in [3.8, 4) is 5.75 Å². The van der Waals surface area contributed by atoms with Gasteiger partial charge < -0.3 is 10.1 Å². The summed E-state index contributed by atoms with van der Waals surface area (Å²) in [5, 5.41) is 3.57. The molecule has 0 spiro atoms. The highest BCUT2D eigenvalue weighted by molar-refractivity contribution is 9.10. The van der Waals surface area contributed by atoms with E-state index in [0.29, 0.717) is 0 Å². The van der Waals surface area contributed by atoms with Crippen LogP contribution in [-0.2, 0) is 0 Å². The minimum Gasteiger partial charge on any atom is -0.496 e. The molecule has 0 amide bonds. The number of methoxy groups -OCH3 is 1. The maximum absolute atomic E-state index is 5.30. The number of nitrogens with one attached hydrogen (secondary N) is 1. The van der Waals surface area contributed by atoms with Crippen molar-refractivity contribution < 1.29 is 4.74 Å². The van der Waals surface area contributed by atoms with Gasteiger partial charge in [0, 0.05) is 9.75 Å². The van der Waals surface area contributed by atoms with Crippen molar-refractivity contribution >= 4 is 27.3 Å². The van der Waals surface area contributed by atoms with Gasteiger partial charge in [0.05, 0.1) is 17.6 Å². The van der Waals surface area contributed by atoms with Gasteiger partial charge in [-0.3, -0.25) is 0 Å². The van der Waals surface area contributed by atoms with Crippen molar-refractivity contribution in [3.05, 3.63) is 49.6 Å². The number of hydrogen-bond donors (Lipinski definition) is 1. The van der Waals surface area contributed by atoms with Crippen LogP contribution in [0.1, 0.15) is 33.8 Å². The highest BCUT2D eigenvalue weighted by Crippen LogP contribution is 2.34. The number of aryl methyl sites for hydroxylation is 2. The zero-order chi connectivity index (χ0) is 14.7. The topological polar surface area (TPSA) is 21.3 Å². The van der Waals surface area contributed by atoms with Gasteiger partial charge in [-0.05, 0) is 65.6 Å². The molecule has 0 fully saturated rings. The fourth-order valence-electron chi connectivity index (χ4n) is 2.19. The second-order valence-electron chi connectivity index (χ2n) is 4.77. The normalized spacial score (nSPS) is 12.4. The fraction of sp³-hybridized carbons (Fsp3) is 0.375. The number of hydrogen-bond acceptors (Lipinski definition) is 3. The van der Waals surface area contributed by atoms with Crippen molar-refractivity contribution in [2.24, 2.45) is 0 Å². The van der Waals surface area contributed by atoms with Gasteiger partial charge >= 0.3 is 0 Å². The van der Waals surface area contributed by atoms with Gasteiger partial charge in [-0.25, -0.2) is 0 Å². The molecular weight excluding hydrogens is 334 g/mol. The number of benzene rings is 1. The smallest absolute Gasteiger partial charge is 0.133 e. The molecule has 0 saturated carbocycles. The number of thiophene rings is 1. The van der Waals surface area contributed by atoms with Gasteiger partial charge in [0.1, 0.15) is 5.75 Å². The third-order valence-electron chi connectivity index (χ3n) is 3.39. The molecule has 0 bridgehead atoms. The van der Waals surface area contributed by atoms with E-state index in [9.17, 15) is 0 Å². The van der Waals surface area contributed by atoms with Crippen molar-refractivity contribution in [3.63, 3.8) is 0 Å². The van der Waals surface area contributed by atoms with Gasteiger partial charge in [0.15, 0.2) is 0 Å². The Morgan fingerprint density at radius 1 is 1.30 bits per heavy atom. The molecule has 2 rings (SSSR count). The largest absolute Gasteiger partial charge is 0.496 e. The maximum Gasteiger partial charge on any atom is 0.133 e. The lowest BCUT2D eigenvalue weighted by atomic mass is 10.0. The Balaban J connectivity index is 2.40. The Morgan fingerprint density at radius 3 is 2.55 bits per heavy atom. The number of rotatable bonds is 5. The molecule has 1 unspecified atom stereocenters. The zero-order valence-corrected chi connectivity index (χ0v) is 14.7. The van der Waals surface area contributed by atoms with Crippen LogP contribution in [0, 0.1) is 13.8 Å². The van der Waals surface area contributed by atoms with Gasteiger partial charge in [-0.1, -0.05) is 13.0 Å². The molecule has 1 N–H and O–H groups in total. The predicted octanol–water partition coefficient (Wildman–Crippen LogP) is 4.83. The van der Waals surface area contributed by atoms with Crippen LogP contribution >= 0.6 is 27.3 Å². The third-order valence-corrected chi connectivity index (χ3v) is 5.22. The summed E-state index contributed by atoms with van der Waals surface area (Å²) in [7, 11) is 1.69. The van der Waals surface area contributed by atoms with Crippen LogP contribution in [0.3, 0.4) is 0 Å². The van der Waals surface area contributed by atoms with E-state index in [1.807, 2.05) is 17.4 Å². The number of ether oxygens (including phenoxy) is 1. The highest BCUT2D eigenvalue weighted by atomic mass is 79.9. The van der Waals surface area contributed by atoms with Crippen LogP contribution in [0.15, 0.2) is 28.7 Å². The highest BCUT2D eigenvalue weighted by Gasteiger charge is 2.17. The molecule has 1 heterocycles. The van der Waals surface area contributed by atoms with Crippen molar-refractivity contribution in [1.29, 1.82) is 0 Å². The van der Waals surface area contributed by atoms with Gasteiger partial charge in [0.25, 0.3) is 0 Å². The Hall–Kier alpha value is -0.840. The SMILES string of the molecule is CCNC(c1ccc(OC)c(Br)c1)c1cc(C)c(C)s1. The molecule has 1 atom stereocenters. The average Bonchev–Trinajstić information content (AvgIpc) is 2.75. The van der Waals surface area contributed by atoms with E-state index >= 15 is 0 Å². The summed E-state index contributed by atoms with van der Waals surface area (Å²) in [4.78, 5) is 2.74. The van der Waals surface area contributed by atoms with Crippen molar-refractivity contribution in [1.82, 2.24) is 5.32 Å². The first kappa shape index (κ1) is 15.5. The summed E-state index contributed by atoms with van der Waals surface area (Å²) in [6.07, 6.45) is 0. The van der Waals surface area contributed by atoms with E-state index in [1.54, 1.807) is 7.11 Å². The van der Waals surface area contributed by atoms with Gasteiger partial charge in [0.2, 0.25) is 0 Å². The standard InChI is InChI=1S/C16H20BrNOS/c1-5-18-16(15-8-10(2)11(3)20-15)12-6-7-14(19-4)13(17)9-12/h6-9,16,18H,5H2,1-4H3. The summed E-state index contributed by atoms with van der Waals surface area (Å²) >= 11 is 5.43. The summed E-state index contributed by atoms with van der Waals surface area (Å²) < 4.78 is 6.30. The molecule has 0 aliphatic carbocycles. The van der Waals surface area contributed by atoms with E-state index in [2.05, 4.69) is 60.2 Å². The van der Waals surface area contributed by atoms with E-state index in [0.717, 1.165) is 16.8 Å². The van der Waals surface area contributed by atoms with Gasteiger partial charge in [-0.15, -0.1) is 11.3 Å². The minimum atomic E-state index is 0.236. The molecule has 0 saturated heterocycles. The number of halogens is 1. The van der Waals surface area contributed by atoms with Crippen LogP contribution in [0.25, 0.3) is 0 Å². The molecule has 0 aliphatic rings. The molecule has 1 aromatic carbocycles. The van der Waals surface area contributed by atoms with E-state index in [1.165, 1.54) is 20.9 Å².